The van der Waals surface area contributed by atoms with Gasteiger partial charge >= 0.3 is 0 Å². The van der Waals surface area contributed by atoms with Gasteiger partial charge in [0.15, 0.2) is 0 Å². The Hall–Kier alpha value is -1.17. The van der Waals surface area contributed by atoms with Gasteiger partial charge in [-0.25, -0.2) is 4.39 Å². The van der Waals surface area contributed by atoms with Crippen LogP contribution in [-0.2, 0) is 6.54 Å². The van der Waals surface area contributed by atoms with Gasteiger partial charge in [-0.1, -0.05) is 6.92 Å². The van der Waals surface area contributed by atoms with Crippen LogP contribution in [0.2, 0.25) is 0 Å². The molecule has 0 radical (unpaired) electrons. The van der Waals surface area contributed by atoms with E-state index >= 15 is 0 Å². The maximum absolute atomic E-state index is 13.5. The van der Waals surface area contributed by atoms with E-state index in [0.717, 1.165) is 56.9 Å². The molecule has 0 unspecified atom stereocenters. The lowest BCUT2D eigenvalue weighted by Crippen LogP contribution is -2.47. The number of benzene rings is 1. The van der Waals surface area contributed by atoms with E-state index in [1.807, 2.05) is 6.07 Å². The van der Waals surface area contributed by atoms with Crippen molar-refractivity contribution < 1.29 is 9.50 Å². The van der Waals surface area contributed by atoms with Crippen molar-refractivity contribution in [3.05, 3.63) is 29.6 Å². The molecule has 5 heteroatoms. The molecule has 1 aromatic carbocycles. The number of rotatable bonds is 7. The molecule has 21 heavy (non-hydrogen) atoms. The zero-order chi connectivity index (χ0) is 15.1. The number of halogens is 1. The summed E-state index contributed by atoms with van der Waals surface area (Å²) in [6, 6.07) is 5.07. The molecule has 1 aromatic rings. The van der Waals surface area contributed by atoms with Gasteiger partial charge in [0, 0.05) is 45.0 Å². The molecule has 0 spiro atoms. The van der Waals surface area contributed by atoms with Crippen LogP contribution in [0.4, 0.5) is 10.1 Å². The van der Waals surface area contributed by atoms with Crippen LogP contribution in [0.25, 0.3) is 0 Å². The average molecular weight is 295 g/mol. The van der Waals surface area contributed by atoms with Crippen molar-refractivity contribution >= 4 is 5.69 Å². The van der Waals surface area contributed by atoms with E-state index in [1.165, 1.54) is 0 Å². The van der Waals surface area contributed by atoms with Gasteiger partial charge in [0.2, 0.25) is 0 Å². The summed E-state index contributed by atoms with van der Waals surface area (Å²) < 4.78 is 13.5. The first-order chi connectivity index (χ1) is 10.2. The predicted molar refractivity (Wildman–Crippen MR) is 84.1 cm³/mol. The van der Waals surface area contributed by atoms with Gasteiger partial charge in [0.05, 0.1) is 6.61 Å². The first-order valence-corrected chi connectivity index (χ1v) is 7.82. The summed E-state index contributed by atoms with van der Waals surface area (Å²) >= 11 is 0. The fourth-order valence-corrected chi connectivity index (χ4v) is 2.76. The fraction of sp³-hybridized carbons (Fsp3) is 0.625. The van der Waals surface area contributed by atoms with Crippen molar-refractivity contribution in [3.63, 3.8) is 0 Å². The van der Waals surface area contributed by atoms with Crippen LogP contribution < -0.4 is 10.2 Å². The number of hydrogen-bond acceptors (Lipinski definition) is 4. The molecule has 0 saturated carbocycles. The molecule has 4 nitrogen and oxygen atoms in total. The minimum Gasteiger partial charge on any atom is -0.395 e. The molecule has 0 atom stereocenters. The highest BCUT2D eigenvalue weighted by molar-refractivity contribution is 5.54. The van der Waals surface area contributed by atoms with Crippen molar-refractivity contribution in [2.45, 2.75) is 19.9 Å². The summed E-state index contributed by atoms with van der Waals surface area (Å²) in [4.78, 5) is 4.57. The third kappa shape index (κ3) is 4.66. The molecular formula is C16H26FN3O. The Kier molecular flexibility index (Phi) is 6.42. The summed E-state index contributed by atoms with van der Waals surface area (Å²) in [6.45, 7) is 8.46. The largest absolute Gasteiger partial charge is 0.395 e. The molecule has 1 heterocycles. The molecule has 1 aliphatic rings. The molecule has 1 fully saturated rings. The number of aliphatic hydroxyl groups excluding tert-OH is 1. The van der Waals surface area contributed by atoms with Crippen LogP contribution in [0.5, 0.6) is 0 Å². The van der Waals surface area contributed by atoms with E-state index in [2.05, 4.69) is 22.0 Å². The predicted octanol–water partition coefficient (Wildman–Crippen LogP) is 1.44. The molecule has 2 rings (SSSR count). The lowest BCUT2D eigenvalue weighted by molar-refractivity contribution is 0.188. The smallest absolute Gasteiger partial charge is 0.123 e. The summed E-state index contributed by atoms with van der Waals surface area (Å²) in [5.41, 5.74) is 2.16. The number of nitrogens with one attached hydrogen (secondary N) is 1. The SMILES string of the molecule is CCCNCc1cc(F)ccc1N1CCN(CCO)CC1. The lowest BCUT2D eigenvalue weighted by atomic mass is 10.1. The molecule has 0 aromatic heterocycles. The van der Waals surface area contributed by atoms with Gasteiger partial charge in [-0.15, -0.1) is 0 Å². The Bertz CT molecular complexity index is 434. The van der Waals surface area contributed by atoms with E-state index in [-0.39, 0.29) is 12.4 Å². The third-order valence-electron chi connectivity index (χ3n) is 3.91. The Morgan fingerprint density at radius 3 is 2.67 bits per heavy atom. The maximum atomic E-state index is 13.5. The number of nitrogens with zero attached hydrogens (tertiary/aromatic N) is 2. The van der Waals surface area contributed by atoms with Gasteiger partial charge in [-0.2, -0.15) is 0 Å². The van der Waals surface area contributed by atoms with Crippen LogP contribution in [0.3, 0.4) is 0 Å². The standard InChI is InChI=1S/C16H26FN3O/c1-2-5-18-13-14-12-15(17)3-4-16(14)20-8-6-19(7-9-20)10-11-21/h3-4,12,18,21H,2,5-11,13H2,1H3. The molecule has 0 amide bonds. The van der Waals surface area contributed by atoms with Gasteiger partial charge in [-0.3, -0.25) is 4.90 Å². The Balaban J connectivity index is 2.01. The molecule has 0 aliphatic carbocycles. The molecular weight excluding hydrogens is 269 g/mol. The van der Waals surface area contributed by atoms with Crippen LogP contribution in [0.1, 0.15) is 18.9 Å². The summed E-state index contributed by atoms with van der Waals surface area (Å²) in [6.07, 6.45) is 1.07. The number of piperazine rings is 1. The first-order valence-electron chi connectivity index (χ1n) is 7.82. The Morgan fingerprint density at radius 1 is 1.24 bits per heavy atom. The van der Waals surface area contributed by atoms with Crippen LogP contribution in [0, 0.1) is 5.82 Å². The van der Waals surface area contributed by atoms with E-state index in [0.29, 0.717) is 6.54 Å². The molecule has 2 N–H and O–H groups in total. The van der Waals surface area contributed by atoms with E-state index in [4.69, 9.17) is 5.11 Å². The number of β-amino-alcohol motifs (C(OH)–C–C–N with tert-alkyl or cyclic N) is 1. The first kappa shape index (κ1) is 16.2. The zero-order valence-corrected chi connectivity index (χ0v) is 12.8. The van der Waals surface area contributed by atoms with E-state index in [1.54, 1.807) is 12.1 Å². The minimum atomic E-state index is -0.175. The summed E-state index contributed by atoms with van der Waals surface area (Å²) in [5.74, 6) is -0.175. The lowest BCUT2D eigenvalue weighted by Gasteiger charge is -2.36. The quantitative estimate of drug-likeness (QED) is 0.747. The van der Waals surface area contributed by atoms with Crippen LogP contribution in [-0.4, -0.2) is 55.9 Å². The number of hydrogen-bond donors (Lipinski definition) is 2. The van der Waals surface area contributed by atoms with Crippen molar-refractivity contribution in [2.24, 2.45) is 0 Å². The maximum Gasteiger partial charge on any atom is 0.123 e. The average Bonchev–Trinajstić information content (AvgIpc) is 2.49. The van der Waals surface area contributed by atoms with Crippen LogP contribution in [0.15, 0.2) is 18.2 Å². The second-order valence-electron chi connectivity index (χ2n) is 5.50. The molecule has 0 bridgehead atoms. The van der Waals surface area contributed by atoms with Gasteiger partial charge in [-0.05, 0) is 36.7 Å². The summed E-state index contributed by atoms with van der Waals surface area (Å²) in [5, 5.41) is 12.3. The summed E-state index contributed by atoms with van der Waals surface area (Å²) in [7, 11) is 0. The monoisotopic (exact) mass is 295 g/mol. The van der Waals surface area contributed by atoms with E-state index in [9.17, 15) is 4.39 Å². The number of anilines is 1. The highest BCUT2D eigenvalue weighted by Gasteiger charge is 2.18. The molecule has 1 aliphatic heterocycles. The number of aliphatic hydroxyl groups is 1. The second kappa shape index (κ2) is 8.32. The van der Waals surface area contributed by atoms with Crippen molar-refractivity contribution in [2.75, 3.05) is 50.8 Å². The van der Waals surface area contributed by atoms with Crippen LogP contribution >= 0.6 is 0 Å². The van der Waals surface area contributed by atoms with Crippen molar-refractivity contribution in [3.8, 4) is 0 Å². The Morgan fingerprint density at radius 2 is 2.00 bits per heavy atom. The highest BCUT2D eigenvalue weighted by Crippen LogP contribution is 2.23. The van der Waals surface area contributed by atoms with Crippen molar-refractivity contribution in [1.29, 1.82) is 0 Å². The van der Waals surface area contributed by atoms with Gasteiger partial charge in [0.25, 0.3) is 0 Å². The topological polar surface area (TPSA) is 38.7 Å². The fourth-order valence-electron chi connectivity index (χ4n) is 2.76. The third-order valence-corrected chi connectivity index (χ3v) is 3.91. The van der Waals surface area contributed by atoms with Crippen molar-refractivity contribution in [1.82, 2.24) is 10.2 Å². The minimum absolute atomic E-state index is 0.175. The van der Waals surface area contributed by atoms with Gasteiger partial charge < -0.3 is 15.3 Å². The van der Waals surface area contributed by atoms with E-state index < -0.39 is 0 Å². The Labute approximate surface area is 126 Å². The zero-order valence-electron chi connectivity index (χ0n) is 12.8. The highest BCUT2D eigenvalue weighted by atomic mass is 19.1. The second-order valence-corrected chi connectivity index (χ2v) is 5.50. The molecule has 1 saturated heterocycles. The normalized spacial score (nSPS) is 16.4. The van der Waals surface area contributed by atoms with Gasteiger partial charge in [0.1, 0.15) is 5.82 Å². The molecule has 118 valence electrons.